The zero-order valence-electron chi connectivity index (χ0n) is 11.9. The van der Waals surface area contributed by atoms with Crippen LogP contribution in [0.1, 0.15) is 49.3 Å². The number of nitrogens with one attached hydrogen (secondary N) is 1. The number of amides is 1. The molecule has 0 radical (unpaired) electrons. The van der Waals surface area contributed by atoms with Gasteiger partial charge in [-0.3, -0.25) is 9.89 Å². The van der Waals surface area contributed by atoms with Gasteiger partial charge in [0.05, 0.1) is 23.5 Å². The summed E-state index contributed by atoms with van der Waals surface area (Å²) in [6.45, 7) is 6.69. The maximum Gasteiger partial charge on any atom is 0.276 e. The van der Waals surface area contributed by atoms with E-state index in [0.717, 1.165) is 12.1 Å². The highest BCUT2D eigenvalue weighted by Gasteiger charge is 2.33. The van der Waals surface area contributed by atoms with Gasteiger partial charge in [0.1, 0.15) is 0 Å². The summed E-state index contributed by atoms with van der Waals surface area (Å²) in [5, 5.41) is 6.93. The number of nitrogens with two attached hydrogens (primary N) is 1. The topological polar surface area (TPSA) is 84.2 Å². The van der Waals surface area contributed by atoms with E-state index in [1.165, 1.54) is 0 Å². The first-order chi connectivity index (χ1) is 8.93. The fourth-order valence-corrected chi connectivity index (χ4v) is 2.51. The van der Waals surface area contributed by atoms with Crippen molar-refractivity contribution in [3.8, 4) is 0 Å². The monoisotopic (exact) mass is 266 g/mol. The number of carbonyl (C=O) groups excluding carboxylic acids is 1. The number of hydrogen-bond acceptors (Lipinski definition) is 4. The minimum atomic E-state index is -0.150. The number of carbonyl (C=O) groups is 1. The van der Waals surface area contributed by atoms with Crippen LogP contribution in [0.4, 0.5) is 5.69 Å². The summed E-state index contributed by atoms with van der Waals surface area (Å²) in [6.07, 6.45) is 0.906. The van der Waals surface area contributed by atoms with Crippen molar-refractivity contribution in [2.24, 2.45) is 0 Å². The van der Waals surface area contributed by atoms with Crippen LogP contribution in [0.3, 0.4) is 0 Å². The van der Waals surface area contributed by atoms with Crippen molar-refractivity contribution in [2.45, 2.75) is 45.3 Å². The molecule has 0 spiro atoms. The van der Waals surface area contributed by atoms with Crippen LogP contribution in [0.2, 0.25) is 0 Å². The van der Waals surface area contributed by atoms with Crippen molar-refractivity contribution in [1.29, 1.82) is 0 Å². The molecule has 19 heavy (non-hydrogen) atoms. The van der Waals surface area contributed by atoms with Gasteiger partial charge in [0.15, 0.2) is 5.69 Å². The molecule has 1 saturated heterocycles. The SMILES string of the molecule is CC(C)c1[nH]nc(C(=O)N(C)C2CCOC2C)c1N. The Balaban J connectivity index is 2.19. The molecule has 0 aromatic carbocycles. The predicted octanol–water partition coefficient (Wildman–Crippen LogP) is 1.36. The van der Waals surface area contributed by atoms with Crippen molar-refractivity contribution in [3.05, 3.63) is 11.4 Å². The van der Waals surface area contributed by atoms with Crippen LogP contribution in [0.5, 0.6) is 0 Å². The van der Waals surface area contributed by atoms with E-state index in [2.05, 4.69) is 10.2 Å². The summed E-state index contributed by atoms with van der Waals surface area (Å²) in [5.41, 5.74) is 7.58. The van der Waals surface area contributed by atoms with Crippen molar-refractivity contribution >= 4 is 11.6 Å². The van der Waals surface area contributed by atoms with E-state index in [1.54, 1.807) is 11.9 Å². The molecule has 0 saturated carbocycles. The average Bonchev–Trinajstić information content (AvgIpc) is 2.93. The molecule has 0 aliphatic carbocycles. The number of aromatic amines is 1. The van der Waals surface area contributed by atoms with Gasteiger partial charge in [-0.15, -0.1) is 0 Å². The number of ether oxygens (including phenoxy) is 1. The molecular weight excluding hydrogens is 244 g/mol. The molecule has 1 aromatic heterocycles. The predicted molar refractivity (Wildman–Crippen MR) is 73.0 cm³/mol. The molecule has 2 heterocycles. The minimum absolute atomic E-state index is 0.0543. The van der Waals surface area contributed by atoms with Crippen molar-refractivity contribution < 1.29 is 9.53 Å². The van der Waals surface area contributed by atoms with Gasteiger partial charge < -0.3 is 15.4 Å². The van der Waals surface area contributed by atoms with E-state index in [0.29, 0.717) is 18.0 Å². The Morgan fingerprint density at radius 3 is 2.74 bits per heavy atom. The quantitative estimate of drug-likeness (QED) is 0.865. The third-order valence-corrected chi connectivity index (χ3v) is 3.77. The standard InChI is InChI=1S/C13H22N4O2/c1-7(2)11-10(14)12(16-15-11)13(18)17(4)9-5-6-19-8(9)3/h7-9H,5-6,14H2,1-4H3,(H,15,16). The summed E-state index contributed by atoms with van der Waals surface area (Å²) in [6, 6.07) is 0.0890. The molecule has 1 aliphatic rings. The molecule has 106 valence electrons. The normalized spacial score (nSPS) is 23.0. The summed E-state index contributed by atoms with van der Waals surface area (Å²) < 4.78 is 5.49. The van der Waals surface area contributed by atoms with Crippen LogP contribution >= 0.6 is 0 Å². The maximum atomic E-state index is 12.4. The first-order valence-corrected chi connectivity index (χ1v) is 6.66. The van der Waals surface area contributed by atoms with E-state index >= 15 is 0 Å². The molecule has 2 atom stereocenters. The molecule has 1 aliphatic heterocycles. The smallest absolute Gasteiger partial charge is 0.276 e. The van der Waals surface area contributed by atoms with Crippen LogP contribution in [-0.4, -0.2) is 46.8 Å². The molecule has 2 rings (SSSR count). The highest BCUT2D eigenvalue weighted by atomic mass is 16.5. The first-order valence-electron chi connectivity index (χ1n) is 6.66. The summed E-state index contributed by atoms with van der Waals surface area (Å²) in [5.74, 6) is 0.0658. The number of anilines is 1. The molecule has 1 fully saturated rings. The second-order valence-corrected chi connectivity index (χ2v) is 5.40. The first kappa shape index (κ1) is 13.9. The van der Waals surface area contributed by atoms with E-state index in [4.69, 9.17) is 10.5 Å². The number of hydrogen-bond donors (Lipinski definition) is 2. The van der Waals surface area contributed by atoms with Crippen molar-refractivity contribution in [2.75, 3.05) is 19.4 Å². The average molecular weight is 266 g/mol. The zero-order valence-corrected chi connectivity index (χ0v) is 11.9. The lowest BCUT2D eigenvalue weighted by Gasteiger charge is -2.26. The van der Waals surface area contributed by atoms with Crippen molar-refractivity contribution in [3.63, 3.8) is 0 Å². The van der Waals surface area contributed by atoms with Crippen LogP contribution in [-0.2, 0) is 4.74 Å². The molecule has 3 N–H and O–H groups in total. The Hall–Kier alpha value is -1.56. The van der Waals surface area contributed by atoms with Crippen molar-refractivity contribution in [1.82, 2.24) is 15.1 Å². The van der Waals surface area contributed by atoms with Crippen LogP contribution in [0.15, 0.2) is 0 Å². The molecule has 0 bridgehead atoms. The third-order valence-electron chi connectivity index (χ3n) is 3.77. The molecule has 6 heteroatoms. The van der Waals surface area contributed by atoms with Crippen LogP contribution in [0, 0.1) is 0 Å². The summed E-state index contributed by atoms with van der Waals surface area (Å²) in [7, 11) is 1.78. The van der Waals surface area contributed by atoms with E-state index in [-0.39, 0.29) is 24.0 Å². The number of likely N-dealkylation sites (N-methyl/N-ethyl adjacent to an activating group) is 1. The van der Waals surface area contributed by atoms with Crippen LogP contribution < -0.4 is 5.73 Å². The molecular formula is C13H22N4O2. The molecule has 1 amide bonds. The number of H-pyrrole nitrogens is 1. The Kier molecular flexibility index (Phi) is 3.80. The zero-order chi connectivity index (χ0) is 14.2. The minimum Gasteiger partial charge on any atom is -0.395 e. The van der Waals surface area contributed by atoms with Gasteiger partial charge in [-0.2, -0.15) is 5.10 Å². The molecule has 2 unspecified atom stereocenters. The fourth-order valence-electron chi connectivity index (χ4n) is 2.51. The third kappa shape index (κ3) is 2.45. The van der Waals surface area contributed by atoms with E-state index < -0.39 is 0 Å². The van der Waals surface area contributed by atoms with Gasteiger partial charge in [-0.05, 0) is 19.3 Å². The number of aromatic nitrogens is 2. The second kappa shape index (κ2) is 5.21. The van der Waals surface area contributed by atoms with Gasteiger partial charge in [0, 0.05) is 13.7 Å². The maximum absolute atomic E-state index is 12.4. The second-order valence-electron chi connectivity index (χ2n) is 5.40. The van der Waals surface area contributed by atoms with Gasteiger partial charge in [0.2, 0.25) is 0 Å². The van der Waals surface area contributed by atoms with Crippen LogP contribution in [0.25, 0.3) is 0 Å². The molecule has 6 nitrogen and oxygen atoms in total. The lowest BCUT2D eigenvalue weighted by Crippen LogP contribution is -2.41. The Bertz CT molecular complexity index is 469. The Morgan fingerprint density at radius 2 is 2.26 bits per heavy atom. The number of nitrogen functional groups attached to an aromatic ring is 1. The van der Waals surface area contributed by atoms with E-state index in [1.807, 2.05) is 20.8 Å². The lowest BCUT2D eigenvalue weighted by atomic mass is 10.1. The Morgan fingerprint density at radius 1 is 1.58 bits per heavy atom. The van der Waals surface area contributed by atoms with Gasteiger partial charge >= 0.3 is 0 Å². The van der Waals surface area contributed by atoms with E-state index in [9.17, 15) is 4.79 Å². The number of nitrogens with zero attached hydrogens (tertiary/aromatic N) is 2. The largest absolute Gasteiger partial charge is 0.395 e. The van der Waals surface area contributed by atoms with Gasteiger partial charge in [-0.25, -0.2) is 0 Å². The summed E-state index contributed by atoms with van der Waals surface area (Å²) >= 11 is 0. The highest BCUT2D eigenvalue weighted by Crippen LogP contribution is 2.25. The number of rotatable bonds is 3. The molecule has 1 aromatic rings. The Labute approximate surface area is 113 Å². The van der Waals surface area contributed by atoms with Gasteiger partial charge in [-0.1, -0.05) is 13.8 Å². The highest BCUT2D eigenvalue weighted by molar-refractivity contribution is 5.97. The summed E-state index contributed by atoms with van der Waals surface area (Å²) in [4.78, 5) is 14.1. The fraction of sp³-hybridized carbons (Fsp3) is 0.692. The lowest BCUT2D eigenvalue weighted by molar-refractivity contribution is 0.0570. The van der Waals surface area contributed by atoms with Gasteiger partial charge in [0.25, 0.3) is 5.91 Å².